The van der Waals surface area contributed by atoms with E-state index in [1.165, 1.54) is 17.0 Å². The number of rotatable bonds is 4. The molecular weight excluding hydrogens is 255 g/mol. The molecule has 0 bridgehead atoms. The molecule has 2 aromatic carbocycles. The molecule has 0 aliphatic rings. The minimum Gasteiger partial charge on any atom is -0.330 e. The van der Waals surface area contributed by atoms with Gasteiger partial charge in [0.05, 0.1) is 0 Å². The van der Waals surface area contributed by atoms with E-state index in [1.54, 1.807) is 25.2 Å². The van der Waals surface area contributed by atoms with Crippen molar-refractivity contribution in [2.24, 2.45) is 5.73 Å². The first-order valence-corrected chi connectivity index (χ1v) is 6.45. The van der Waals surface area contributed by atoms with Crippen molar-refractivity contribution in [3.63, 3.8) is 0 Å². The van der Waals surface area contributed by atoms with E-state index in [9.17, 15) is 9.18 Å². The second kappa shape index (κ2) is 6.30. The van der Waals surface area contributed by atoms with E-state index >= 15 is 0 Å². The summed E-state index contributed by atoms with van der Waals surface area (Å²) < 4.78 is 12.9. The summed E-state index contributed by atoms with van der Waals surface area (Å²) in [5, 5.41) is 0. The zero-order valence-corrected chi connectivity index (χ0v) is 11.3. The van der Waals surface area contributed by atoms with E-state index in [2.05, 4.69) is 0 Å². The van der Waals surface area contributed by atoms with Crippen LogP contribution in [0.2, 0.25) is 0 Å². The Labute approximate surface area is 117 Å². The average Bonchev–Trinajstić information content (AvgIpc) is 2.47. The number of nitrogens with zero attached hydrogens (tertiary/aromatic N) is 1. The summed E-state index contributed by atoms with van der Waals surface area (Å²) in [6, 6.07) is 13.2. The Balaban J connectivity index is 2.29. The zero-order valence-electron chi connectivity index (χ0n) is 11.3. The second-order valence-corrected chi connectivity index (χ2v) is 4.54. The van der Waals surface area contributed by atoms with Gasteiger partial charge in [-0.3, -0.25) is 4.79 Å². The van der Waals surface area contributed by atoms with Crippen LogP contribution in [-0.4, -0.2) is 19.5 Å². The average molecular weight is 272 g/mol. The van der Waals surface area contributed by atoms with Gasteiger partial charge in [-0.25, -0.2) is 4.39 Å². The van der Waals surface area contributed by atoms with Crippen molar-refractivity contribution in [3.8, 4) is 0 Å². The number of halogens is 1. The van der Waals surface area contributed by atoms with Crippen LogP contribution in [0.1, 0.15) is 15.9 Å². The Morgan fingerprint density at radius 1 is 1.15 bits per heavy atom. The van der Waals surface area contributed by atoms with Gasteiger partial charge in [0.15, 0.2) is 0 Å². The molecule has 1 amide bonds. The van der Waals surface area contributed by atoms with Gasteiger partial charge in [0, 0.05) is 18.3 Å². The van der Waals surface area contributed by atoms with E-state index in [4.69, 9.17) is 5.73 Å². The second-order valence-electron chi connectivity index (χ2n) is 4.54. The summed E-state index contributed by atoms with van der Waals surface area (Å²) in [7, 11) is 1.68. The maximum absolute atomic E-state index is 12.9. The number of anilines is 1. The van der Waals surface area contributed by atoms with Crippen molar-refractivity contribution in [2.75, 3.05) is 18.5 Å². The SMILES string of the molecule is CN(C(=O)c1ccccc1CCN)c1ccc(F)cc1. The molecule has 2 N–H and O–H groups in total. The van der Waals surface area contributed by atoms with Crippen molar-refractivity contribution in [2.45, 2.75) is 6.42 Å². The zero-order chi connectivity index (χ0) is 14.5. The van der Waals surface area contributed by atoms with Crippen LogP contribution in [0.15, 0.2) is 48.5 Å². The number of carbonyl (C=O) groups excluding carboxylic acids is 1. The molecule has 0 spiro atoms. The van der Waals surface area contributed by atoms with Crippen molar-refractivity contribution in [3.05, 3.63) is 65.5 Å². The first-order chi connectivity index (χ1) is 9.63. The van der Waals surface area contributed by atoms with Crippen molar-refractivity contribution < 1.29 is 9.18 Å². The fourth-order valence-corrected chi connectivity index (χ4v) is 2.07. The molecule has 0 aromatic heterocycles. The maximum Gasteiger partial charge on any atom is 0.258 e. The molecule has 20 heavy (non-hydrogen) atoms. The summed E-state index contributed by atoms with van der Waals surface area (Å²) >= 11 is 0. The van der Waals surface area contributed by atoms with E-state index in [0.29, 0.717) is 24.2 Å². The maximum atomic E-state index is 12.9. The van der Waals surface area contributed by atoms with Gasteiger partial charge in [-0.1, -0.05) is 18.2 Å². The van der Waals surface area contributed by atoms with Crippen molar-refractivity contribution in [1.29, 1.82) is 0 Å². The highest BCUT2D eigenvalue weighted by Gasteiger charge is 2.16. The van der Waals surface area contributed by atoms with E-state index in [0.717, 1.165) is 5.56 Å². The van der Waals surface area contributed by atoms with E-state index in [-0.39, 0.29) is 11.7 Å². The van der Waals surface area contributed by atoms with Crippen molar-refractivity contribution in [1.82, 2.24) is 0 Å². The Bertz CT molecular complexity index is 596. The predicted octanol–water partition coefficient (Wildman–Crippen LogP) is 2.60. The number of nitrogens with two attached hydrogens (primary N) is 1. The highest BCUT2D eigenvalue weighted by molar-refractivity contribution is 6.06. The van der Waals surface area contributed by atoms with Gasteiger partial charge < -0.3 is 10.6 Å². The first kappa shape index (κ1) is 14.2. The standard InChI is InChI=1S/C16H17FN2O/c1-19(14-8-6-13(17)7-9-14)16(20)15-5-3-2-4-12(15)10-11-18/h2-9H,10-11,18H2,1H3. The molecule has 0 aliphatic carbocycles. The molecule has 4 heteroatoms. The fraction of sp³-hybridized carbons (Fsp3) is 0.188. The lowest BCUT2D eigenvalue weighted by Gasteiger charge is -2.19. The molecule has 2 rings (SSSR count). The number of carbonyl (C=O) groups is 1. The largest absolute Gasteiger partial charge is 0.330 e. The van der Waals surface area contributed by atoms with Gasteiger partial charge in [-0.15, -0.1) is 0 Å². The molecule has 104 valence electrons. The molecule has 0 heterocycles. The molecule has 0 fully saturated rings. The van der Waals surface area contributed by atoms with Crippen LogP contribution < -0.4 is 10.6 Å². The lowest BCUT2D eigenvalue weighted by molar-refractivity contribution is 0.0992. The normalized spacial score (nSPS) is 10.3. The van der Waals surface area contributed by atoms with Crippen LogP contribution in [0.4, 0.5) is 10.1 Å². The van der Waals surface area contributed by atoms with Crippen LogP contribution >= 0.6 is 0 Å². The quantitative estimate of drug-likeness (QED) is 0.930. The van der Waals surface area contributed by atoms with Gasteiger partial charge in [0.2, 0.25) is 0 Å². The van der Waals surface area contributed by atoms with E-state index < -0.39 is 0 Å². The fourth-order valence-electron chi connectivity index (χ4n) is 2.07. The minimum atomic E-state index is -0.321. The Morgan fingerprint density at radius 2 is 1.80 bits per heavy atom. The topological polar surface area (TPSA) is 46.3 Å². The highest BCUT2D eigenvalue weighted by atomic mass is 19.1. The van der Waals surface area contributed by atoms with Crippen LogP contribution in [0.3, 0.4) is 0 Å². The summed E-state index contributed by atoms with van der Waals surface area (Å²) in [5.74, 6) is -0.446. The Hall–Kier alpha value is -2.20. The molecule has 2 aromatic rings. The molecule has 0 unspecified atom stereocenters. The van der Waals surface area contributed by atoms with Gasteiger partial charge >= 0.3 is 0 Å². The molecule has 3 nitrogen and oxygen atoms in total. The lowest BCUT2D eigenvalue weighted by Crippen LogP contribution is -2.27. The molecule has 0 saturated heterocycles. The molecule has 0 radical (unpaired) electrons. The highest BCUT2D eigenvalue weighted by Crippen LogP contribution is 2.18. The Morgan fingerprint density at radius 3 is 2.45 bits per heavy atom. The number of hydrogen-bond donors (Lipinski definition) is 1. The summed E-state index contributed by atoms with van der Waals surface area (Å²) in [5.41, 5.74) is 7.77. The third-order valence-corrected chi connectivity index (χ3v) is 3.18. The van der Waals surface area contributed by atoms with Crippen LogP contribution in [0.25, 0.3) is 0 Å². The summed E-state index contributed by atoms with van der Waals surface area (Å²) in [6.07, 6.45) is 0.652. The predicted molar refractivity (Wildman–Crippen MR) is 78.3 cm³/mol. The van der Waals surface area contributed by atoms with E-state index in [1.807, 2.05) is 18.2 Å². The monoisotopic (exact) mass is 272 g/mol. The molecule has 0 atom stereocenters. The summed E-state index contributed by atoms with van der Waals surface area (Å²) in [4.78, 5) is 14.0. The molecule has 0 aliphatic heterocycles. The van der Waals surface area contributed by atoms with Gasteiger partial charge in [0.25, 0.3) is 5.91 Å². The summed E-state index contributed by atoms with van der Waals surface area (Å²) in [6.45, 7) is 0.491. The van der Waals surface area contributed by atoms with Gasteiger partial charge in [0.1, 0.15) is 5.82 Å². The minimum absolute atomic E-state index is 0.124. The smallest absolute Gasteiger partial charge is 0.258 e. The van der Waals surface area contributed by atoms with Crippen LogP contribution in [0.5, 0.6) is 0 Å². The van der Waals surface area contributed by atoms with Crippen LogP contribution in [0, 0.1) is 5.82 Å². The molecular formula is C16H17FN2O. The number of hydrogen-bond acceptors (Lipinski definition) is 2. The van der Waals surface area contributed by atoms with Gasteiger partial charge in [-0.2, -0.15) is 0 Å². The number of amides is 1. The van der Waals surface area contributed by atoms with Crippen LogP contribution in [-0.2, 0) is 6.42 Å². The lowest BCUT2D eigenvalue weighted by atomic mass is 10.0. The van der Waals surface area contributed by atoms with Crippen molar-refractivity contribution >= 4 is 11.6 Å². The third-order valence-electron chi connectivity index (χ3n) is 3.18. The Kier molecular flexibility index (Phi) is 4.48. The molecule has 0 saturated carbocycles. The first-order valence-electron chi connectivity index (χ1n) is 6.45. The van der Waals surface area contributed by atoms with Gasteiger partial charge in [-0.05, 0) is 48.9 Å². The number of benzene rings is 2. The third kappa shape index (κ3) is 3.03.